The molecule has 5 heteroatoms. The molecule has 0 saturated carbocycles. The first-order valence-electron chi connectivity index (χ1n) is 6.77. The summed E-state index contributed by atoms with van der Waals surface area (Å²) in [6.07, 6.45) is 0.923. The van der Waals surface area contributed by atoms with Gasteiger partial charge < -0.3 is 15.5 Å². The second-order valence-corrected chi connectivity index (χ2v) is 5.34. The van der Waals surface area contributed by atoms with Crippen LogP contribution in [0.3, 0.4) is 0 Å². The van der Waals surface area contributed by atoms with Gasteiger partial charge >= 0.3 is 0 Å². The number of amides is 2. The van der Waals surface area contributed by atoms with Gasteiger partial charge in [-0.15, -0.1) is 0 Å². The monoisotopic (exact) mass is 255 g/mol. The molecular weight excluding hydrogens is 230 g/mol. The number of hydrogen-bond acceptors (Lipinski definition) is 3. The Kier molecular flexibility index (Phi) is 6.12. The van der Waals surface area contributed by atoms with Crippen LogP contribution in [0.4, 0.5) is 0 Å². The molecule has 1 heterocycles. The van der Waals surface area contributed by atoms with Crippen LogP contribution in [0, 0.1) is 5.92 Å². The second kappa shape index (κ2) is 7.36. The van der Waals surface area contributed by atoms with Crippen LogP contribution in [0.1, 0.15) is 33.6 Å². The third-order valence-corrected chi connectivity index (χ3v) is 3.08. The van der Waals surface area contributed by atoms with Gasteiger partial charge in [-0.2, -0.15) is 0 Å². The van der Waals surface area contributed by atoms with Crippen molar-refractivity contribution in [3.63, 3.8) is 0 Å². The number of hydrogen-bond donors (Lipinski definition) is 2. The van der Waals surface area contributed by atoms with Crippen LogP contribution in [-0.2, 0) is 9.59 Å². The van der Waals surface area contributed by atoms with Crippen molar-refractivity contribution < 1.29 is 9.59 Å². The molecule has 18 heavy (non-hydrogen) atoms. The van der Waals surface area contributed by atoms with E-state index in [4.69, 9.17) is 0 Å². The molecule has 0 aromatic carbocycles. The van der Waals surface area contributed by atoms with Crippen LogP contribution in [0.15, 0.2) is 0 Å². The van der Waals surface area contributed by atoms with Gasteiger partial charge in [-0.3, -0.25) is 9.59 Å². The van der Waals surface area contributed by atoms with Gasteiger partial charge in [-0.05, 0) is 12.8 Å². The topological polar surface area (TPSA) is 61.4 Å². The molecule has 0 aromatic rings. The van der Waals surface area contributed by atoms with E-state index in [1.165, 1.54) is 0 Å². The highest BCUT2D eigenvalue weighted by Gasteiger charge is 2.22. The Balaban J connectivity index is 2.22. The molecule has 1 rings (SSSR count). The molecule has 1 fully saturated rings. The van der Waals surface area contributed by atoms with Crippen molar-refractivity contribution in [2.75, 3.05) is 26.2 Å². The average molecular weight is 255 g/mol. The van der Waals surface area contributed by atoms with Crippen molar-refractivity contribution in [2.24, 2.45) is 5.92 Å². The number of carbonyl (C=O) groups excluding carboxylic acids is 2. The Labute approximate surface area is 109 Å². The molecular formula is C13H25N3O2. The molecule has 0 unspecified atom stereocenters. The quantitative estimate of drug-likeness (QED) is 0.745. The normalized spacial score (nSPS) is 20.0. The molecule has 1 aliphatic rings. The summed E-state index contributed by atoms with van der Waals surface area (Å²) in [5, 5.41) is 6.05. The fraction of sp³-hybridized carbons (Fsp3) is 0.846. The van der Waals surface area contributed by atoms with Crippen molar-refractivity contribution in [1.29, 1.82) is 0 Å². The molecule has 0 aliphatic carbocycles. The summed E-state index contributed by atoms with van der Waals surface area (Å²) < 4.78 is 0. The van der Waals surface area contributed by atoms with Crippen molar-refractivity contribution in [3.8, 4) is 0 Å². The van der Waals surface area contributed by atoms with Gasteiger partial charge in [0, 0.05) is 45.1 Å². The lowest BCUT2D eigenvalue weighted by atomic mass is 10.1. The van der Waals surface area contributed by atoms with Gasteiger partial charge in [0.1, 0.15) is 0 Å². The van der Waals surface area contributed by atoms with Gasteiger partial charge in [0.2, 0.25) is 11.8 Å². The minimum Gasteiger partial charge on any atom is -0.356 e. The van der Waals surface area contributed by atoms with Crippen LogP contribution in [0.5, 0.6) is 0 Å². The Morgan fingerprint density at radius 3 is 2.78 bits per heavy atom. The minimum atomic E-state index is 0.0335. The third kappa shape index (κ3) is 5.04. The van der Waals surface area contributed by atoms with E-state index in [-0.39, 0.29) is 17.9 Å². The van der Waals surface area contributed by atoms with E-state index < -0.39 is 0 Å². The summed E-state index contributed by atoms with van der Waals surface area (Å²) in [5.74, 6) is 0.522. The summed E-state index contributed by atoms with van der Waals surface area (Å²) >= 11 is 0. The van der Waals surface area contributed by atoms with Crippen LogP contribution in [-0.4, -0.2) is 48.9 Å². The fourth-order valence-electron chi connectivity index (χ4n) is 2.11. The Bertz CT molecular complexity index is 292. The number of nitrogens with zero attached hydrogens (tertiary/aromatic N) is 1. The zero-order valence-corrected chi connectivity index (χ0v) is 11.7. The summed E-state index contributed by atoms with van der Waals surface area (Å²) in [5.41, 5.74) is 0. The van der Waals surface area contributed by atoms with Gasteiger partial charge in [0.15, 0.2) is 0 Å². The average Bonchev–Trinajstić information content (AvgIpc) is 2.28. The first-order chi connectivity index (χ1) is 8.50. The fourth-order valence-corrected chi connectivity index (χ4v) is 2.11. The highest BCUT2D eigenvalue weighted by atomic mass is 16.2. The maximum absolute atomic E-state index is 12.0. The van der Waals surface area contributed by atoms with Gasteiger partial charge in [0.25, 0.3) is 0 Å². The zero-order chi connectivity index (χ0) is 13.5. The van der Waals surface area contributed by atoms with Gasteiger partial charge in [-0.25, -0.2) is 0 Å². The van der Waals surface area contributed by atoms with E-state index in [0.29, 0.717) is 25.3 Å². The molecule has 2 amide bonds. The van der Waals surface area contributed by atoms with Crippen LogP contribution in [0.2, 0.25) is 0 Å². The van der Waals surface area contributed by atoms with Crippen LogP contribution < -0.4 is 10.6 Å². The maximum atomic E-state index is 12.0. The lowest BCUT2D eigenvalue weighted by Gasteiger charge is -2.34. The van der Waals surface area contributed by atoms with Crippen molar-refractivity contribution in [2.45, 2.75) is 39.7 Å². The lowest BCUT2D eigenvalue weighted by Crippen LogP contribution is -2.52. The highest BCUT2D eigenvalue weighted by molar-refractivity contribution is 5.79. The number of piperazine rings is 1. The summed E-state index contributed by atoms with van der Waals surface area (Å²) in [6, 6.07) is 0.248. The standard InChI is InChI=1S/C13H25N3O2/c1-10(2)8-12(17)15-5-4-13(18)16-7-6-14-9-11(16)3/h10-11,14H,4-9H2,1-3H3,(H,15,17)/t11-/m0/s1. The van der Waals surface area contributed by atoms with Crippen molar-refractivity contribution in [1.82, 2.24) is 15.5 Å². The molecule has 0 bridgehead atoms. The number of carbonyl (C=O) groups is 2. The van der Waals surface area contributed by atoms with E-state index in [9.17, 15) is 9.59 Å². The van der Waals surface area contributed by atoms with E-state index in [0.717, 1.165) is 19.6 Å². The molecule has 1 saturated heterocycles. The van der Waals surface area contributed by atoms with E-state index in [1.807, 2.05) is 25.7 Å². The van der Waals surface area contributed by atoms with Gasteiger partial charge in [-0.1, -0.05) is 13.8 Å². The summed E-state index contributed by atoms with van der Waals surface area (Å²) in [6.45, 7) is 8.98. The molecule has 104 valence electrons. The van der Waals surface area contributed by atoms with Crippen LogP contribution >= 0.6 is 0 Å². The van der Waals surface area contributed by atoms with Crippen molar-refractivity contribution in [3.05, 3.63) is 0 Å². The van der Waals surface area contributed by atoms with Gasteiger partial charge in [0.05, 0.1) is 0 Å². The predicted molar refractivity (Wildman–Crippen MR) is 71.1 cm³/mol. The molecule has 0 spiro atoms. The lowest BCUT2D eigenvalue weighted by molar-refractivity contribution is -0.133. The number of nitrogens with one attached hydrogen (secondary N) is 2. The van der Waals surface area contributed by atoms with E-state index in [2.05, 4.69) is 10.6 Å². The third-order valence-electron chi connectivity index (χ3n) is 3.08. The molecule has 0 radical (unpaired) electrons. The first kappa shape index (κ1) is 15.0. The molecule has 2 N–H and O–H groups in total. The molecule has 1 atom stereocenters. The maximum Gasteiger partial charge on any atom is 0.224 e. The predicted octanol–water partition coefficient (Wildman–Crippen LogP) is 0.359. The Hall–Kier alpha value is -1.10. The zero-order valence-electron chi connectivity index (χ0n) is 11.7. The summed E-state index contributed by atoms with van der Waals surface area (Å²) in [7, 11) is 0. The second-order valence-electron chi connectivity index (χ2n) is 5.34. The van der Waals surface area contributed by atoms with E-state index in [1.54, 1.807) is 0 Å². The molecule has 1 aliphatic heterocycles. The van der Waals surface area contributed by atoms with Crippen LogP contribution in [0.25, 0.3) is 0 Å². The highest BCUT2D eigenvalue weighted by Crippen LogP contribution is 2.04. The number of rotatable bonds is 5. The smallest absolute Gasteiger partial charge is 0.224 e. The largest absolute Gasteiger partial charge is 0.356 e. The molecule has 5 nitrogen and oxygen atoms in total. The molecule has 0 aromatic heterocycles. The first-order valence-corrected chi connectivity index (χ1v) is 6.77. The summed E-state index contributed by atoms with van der Waals surface area (Å²) in [4.78, 5) is 25.3. The van der Waals surface area contributed by atoms with Crippen molar-refractivity contribution >= 4 is 11.8 Å². The minimum absolute atomic E-state index is 0.0335. The Morgan fingerprint density at radius 1 is 1.44 bits per heavy atom. The Morgan fingerprint density at radius 2 is 2.17 bits per heavy atom. The van der Waals surface area contributed by atoms with E-state index >= 15 is 0 Å². The SMILES string of the molecule is CC(C)CC(=O)NCCC(=O)N1CCNC[C@@H]1C.